The Morgan fingerprint density at radius 3 is 3.00 bits per heavy atom. The highest BCUT2D eigenvalue weighted by molar-refractivity contribution is 8.01. The normalized spacial score (nSPS) is 16.2. The molecule has 0 aliphatic heterocycles. The lowest BCUT2D eigenvalue weighted by molar-refractivity contribution is -0.119. The molecule has 1 saturated carbocycles. The van der Waals surface area contributed by atoms with Crippen molar-refractivity contribution in [2.75, 3.05) is 5.75 Å². The van der Waals surface area contributed by atoms with Crippen LogP contribution in [0.3, 0.4) is 0 Å². The van der Waals surface area contributed by atoms with Gasteiger partial charge in [0.15, 0.2) is 4.34 Å². The lowest BCUT2D eigenvalue weighted by Crippen LogP contribution is -2.37. The Morgan fingerprint density at radius 1 is 1.43 bits per heavy atom. The van der Waals surface area contributed by atoms with Gasteiger partial charge in [0.2, 0.25) is 10.9 Å². The Morgan fingerprint density at radius 2 is 2.24 bits per heavy atom. The van der Waals surface area contributed by atoms with Crippen LogP contribution in [0.2, 0.25) is 0 Å². The molecule has 2 aromatic rings. The van der Waals surface area contributed by atoms with Gasteiger partial charge in [0, 0.05) is 6.04 Å². The quantitative estimate of drug-likeness (QED) is 0.846. The first kappa shape index (κ1) is 14.5. The van der Waals surface area contributed by atoms with Gasteiger partial charge < -0.3 is 5.32 Å². The summed E-state index contributed by atoms with van der Waals surface area (Å²) in [6.45, 7) is 0. The third kappa shape index (κ3) is 3.59. The fourth-order valence-corrected chi connectivity index (χ4v) is 4.05. The molecule has 1 N–H and O–H groups in total. The van der Waals surface area contributed by atoms with Crippen LogP contribution >= 0.6 is 23.1 Å². The Labute approximate surface area is 129 Å². The van der Waals surface area contributed by atoms with Crippen LogP contribution in [0.15, 0.2) is 15.3 Å². The zero-order valence-electron chi connectivity index (χ0n) is 11.3. The second-order valence-corrected chi connectivity index (χ2v) is 7.11. The largest absolute Gasteiger partial charge is 0.353 e. The average molecular weight is 325 g/mol. The van der Waals surface area contributed by atoms with Crippen LogP contribution in [0, 0.1) is 0 Å². The third-order valence-electron chi connectivity index (χ3n) is 3.36. The number of hydrogen-bond acceptors (Lipinski definition) is 7. The predicted molar refractivity (Wildman–Crippen MR) is 80.7 cm³/mol. The van der Waals surface area contributed by atoms with E-state index in [9.17, 15) is 9.59 Å². The topological polar surface area (TPSA) is 89.3 Å². The number of hydrogen-bond donors (Lipinski definition) is 1. The second-order valence-electron chi connectivity index (χ2n) is 4.94. The molecule has 0 bridgehead atoms. The van der Waals surface area contributed by atoms with Gasteiger partial charge in [-0.3, -0.25) is 9.59 Å². The molecule has 112 valence electrons. The Bertz CT molecular complexity index is 692. The predicted octanol–water partition coefficient (Wildman–Crippen LogP) is 1.09. The molecule has 0 radical (unpaired) electrons. The van der Waals surface area contributed by atoms with E-state index < -0.39 is 0 Å². The summed E-state index contributed by atoms with van der Waals surface area (Å²) in [5.74, 6) is 0.322. The standard InChI is InChI=1S/C12H15N5O2S2/c18-9(14-8-4-2-1-3-5-8)7-20-12-16-17-10(19)6-13-15-11(17)21-12/h6,8H,1-5,7H2,(H,14,18). The highest BCUT2D eigenvalue weighted by Crippen LogP contribution is 2.23. The highest BCUT2D eigenvalue weighted by Gasteiger charge is 2.16. The van der Waals surface area contributed by atoms with Crippen molar-refractivity contribution in [2.24, 2.45) is 0 Å². The van der Waals surface area contributed by atoms with E-state index in [4.69, 9.17) is 0 Å². The molecule has 7 nitrogen and oxygen atoms in total. The molecular formula is C12H15N5O2S2. The minimum absolute atomic E-state index is 0.0181. The summed E-state index contributed by atoms with van der Waals surface area (Å²) in [5.41, 5.74) is -0.310. The number of carbonyl (C=O) groups is 1. The highest BCUT2D eigenvalue weighted by atomic mass is 32.2. The molecule has 1 aliphatic carbocycles. The van der Waals surface area contributed by atoms with Crippen molar-refractivity contribution in [3.05, 3.63) is 16.6 Å². The van der Waals surface area contributed by atoms with Crippen molar-refractivity contribution < 1.29 is 4.79 Å². The van der Waals surface area contributed by atoms with Gasteiger partial charge in [0.05, 0.1) is 5.75 Å². The summed E-state index contributed by atoms with van der Waals surface area (Å²) < 4.78 is 1.85. The van der Waals surface area contributed by atoms with E-state index in [1.54, 1.807) is 0 Å². The second kappa shape index (κ2) is 6.52. The molecule has 1 aliphatic rings. The SMILES string of the molecule is O=C(CSc1nn2c(=O)cnnc2s1)NC1CCCCC1. The van der Waals surface area contributed by atoms with E-state index in [-0.39, 0.29) is 11.5 Å². The van der Waals surface area contributed by atoms with Gasteiger partial charge >= 0.3 is 0 Å². The van der Waals surface area contributed by atoms with Crippen molar-refractivity contribution in [3.63, 3.8) is 0 Å². The van der Waals surface area contributed by atoms with Gasteiger partial charge in [0.25, 0.3) is 5.56 Å². The van der Waals surface area contributed by atoms with E-state index in [0.29, 0.717) is 21.1 Å². The van der Waals surface area contributed by atoms with Crippen LogP contribution < -0.4 is 10.9 Å². The number of carbonyl (C=O) groups excluding carboxylic acids is 1. The van der Waals surface area contributed by atoms with Crippen molar-refractivity contribution in [1.29, 1.82) is 0 Å². The first-order valence-corrected chi connectivity index (χ1v) is 8.66. The van der Waals surface area contributed by atoms with Gasteiger partial charge in [-0.05, 0) is 12.8 Å². The Hall–Kier alpha value is -1.48. The number of aromatic nitrogens is 4. The van der Waals surface area contributed by atoms with Gasteiger partial charge in [0.1, 0.15) is 6.20 Å². The molecule has 2 heterocycles. The smallest absolute Gasteiger partial charge is 0.293 e. The maximum Gasteiger partial charge on any atom is 0.293 e. The molecule has 0 unspecified atom stereocenters. The fraction of sp³-hybridized carbons (Fsp3) is 0.583. The van der Waals surface area contributed by atoms with Crippen molar-refractivity contribution in [2.45, 2.75) is 42.5 Å². The summed E-state index contributed by atoms with van der Waals surface area (Å²) >= 11 is 2.58. The van der Waals surface area contributed by atoms with Crippen LogP contribution in [0.4, 0.5) is 0 Å². The minimum atomic E-state index is -0.310. The molecule has 1 fully saturated rings. The van der Waals surface area contributed by atoms with Gasteiger partial charge in [-0.2, -0.15) is 9.61 Å². The van der Waals surface area contributed by atoms with Crippen LogP contribution in [0.5, 0.6) is 0 Å². The molecule has 0 spiro atoms. The molecule has 2 aromatic heterocycles. The lowest BCUT2D eigenvalue weighted by Gasteiger charge is -2.22. The first-order chi connectivity index (χ1) is 10.2. The minimum Gasteiger partial charge on any atom is -0.353 e. The fourth-order valence-electron chi connectivity index (χ4n) is 2.36. The molecule has 0 aromatic carbocycles. The summed E-state index contributed by atoms with van der Waals surface area (Å²) in [6.07, 6.45) is 6.92. The zero-order chi connectivity index (χ0) is 14.7. The van der Waals surface area contributed by atoms with Crippen molar-refractivity contribution in [3.8, 4) is 0 Å². The third-order valence-corrected chi connectivity index (χ3v) is 5.39. The van der Waals surface area contributed by atoms with E-state index in [1.165, 1.54) is 46.9 Å². The zero-order valence-corrected chi connectivity index (χ0v) is 13.0. The van der Waals surface area contributed by atoms with Crippen LogP contribution in [0.25, 0.3) is 4.96 Å². The molecule has 9 heteroatoms. The summed E-state index contributed by atoms with van der Waals surface area (Å²) in [6, 6.07) is 0.315. The Balaban J connectivity index is 1.57. The van der Waals surface area contributed by atoms with Crippen LogP contribution in [-0.2, 0) is 4.79 Å². The summed E-state index contributed by atoms with van der Waals surface area (Å²) in [4.78, 5) is 23.9. The lowest BCUT2D eigenvalue weighted by atomic mass is 9.95. The summed E-state index contributed by atoms with van der Waals surface area (Å²) in [5, 5.41) is 14.6. The Kier molecular flexibility index (Phi) is 4.49. The van der Waals surface area contributed by atoms with Gasteiger partial charge in [-0.1, -0.05) is 42.4 Å². The molecule has 0 saturated heterocycles. The molecular weight excluding hydrogens is 310 g/mol. The molecule has 3 rings (SSSR count). The number of thioether (sulfide) groups is 1. The van der Waals surface area contributed by atoms with Crippen LogP contribution in [0.1, 0.15) is 32.1 Å². The number of amides is 1. The number of rotatable bonds is 4. The van der Waals surface area contributed by atoms with E-state index in [0.717, 1.165) is 19.0 Å². The molecule has 21 heavy (non-hydrogen) atoms. The van der Waals surface area contributed by atoms with E-state index in [1.807, 2.05) is 0 Å². The molecule has 1 amide bonds. The maximum absolute atomic E-state index is 11.9. The first-order valence-electron chi connectivity index (χ1n) is 6.86. The van der Waals surface area contributed by atoms with Crippen molar-refractivity contribution >= 4 is 34.0 Å². The number of fused-ring (bicyclic) bond motifs is 1. The number of nitrogens with zero attached hydrogens (tertiary/aromatic N) is 4. The average Bonchev–Trinajstić information content (AvgIpc) is 2.91. The van der Waals surface area contributed by atoms with E-state index >= 15 is 0 Å². The molecule has 0 atom stereocenters. The summed E-state index contributed by atoms with van der Waals surface area (Å²) in [7, 11) is 0. The van der Waals surface area contributed by atoms with Crippen molar-refractivity contribution in [1.82, 2.24) is 25.1 Å². The van der Waals surface area contributed by atoms with E-state index in [2.05, 4.69) is 20.6 Å². The maximum atomic E-state index is 11.9. The van der Waals surface area contributed by atoms with Gasteiger partial charge in [-0.15, -0.1) is 10.2 Å². The monoisotopic (exact) mass is 325 g/mol. The van der Waals surface area contributed by atoms with Crippen LogP contribution in [-0.4, -0.2) is 37.5 Å². The van der Waals surface area contributed by atoms with Gasteiger partial charge in [-0.25, -0.2) is 0 Å². The number of nitrogens with one attached hydrogen (secondary N) is 1.